The van der Waals surface area contributed by atoms with Crippen molar-refractivity contribution in [3.63, 3.8) is 0 Å². The highest BCUT2D eigenvalue weighted by Crippen LogP contribution is 2.15. The van der Waals surface area contributed by atoms with Gasteiger partial charge in [-0.25, -0.2) is 4.99 Å². The second-order valence-corrected chi connectivity index (χ2v) is 2.36. The predicted octanol–water partition coefficient (Wildman–Crippen LogP) is 2.15. The van der Waals surface area contributed by atoms with Crippen LogP contribution in [0.3, 0.4) is 0 Å². The molecule has 0 aliphatic heterocycles. The van der Waals surface area contributed by atoms with Crippen LogP contribution < -0.4 is 0 Å². The highest BCUT2D eigenvalue weighted by atomic mass is 15.1. The zero-order valence-corrected chi connectivity index (χ0v) is 7.28. The van der Waals surface area contributed by atoms with Gasteiger partial charge in [-0.2, -0.15) is 5.10 Å². The van der Waals surface area contributed by atoms with E-state index >= 15 is 0 Å². The first-order valence-corrected chi connectivity index (χ1v) is 3.73. The summed E-state index contributed by atoms with van der Waals surface area (Å²) in [7, 11) is 0. The lowest BCUT2D eigenvalue weighted by atomic mass is 10.2. The summed E-state index contributed by atoms with van der Waals surface area (Å²) in [6, 6.07) is 1.91. The summed E-state index contributed by atoms with van der Waals surface area (Å²) >= 11 is 0. The molecule has 0 aliphatic rings. The molecule has 0 amide bonds. The van der Waals surface area contributed by atoms with Crippen molar-refractivity contribution < 1.29 is 0 Å². The van der Waals surface area contributed by atoms with Gasteiger partial charge in [0.1, 0.15) is 0 Å². The molecule has 3 heteroatoms. The summed E-state index contributed by atoms with van der Waals surface area (Å²) in [4.78, 5) is 4.05. The fourth-order valence-corrected chi connectivity index (χ4v) is 0.875. The van der Waals surface area contributed by atoms with Crippen LogP contribution in [-0.2, 0) is 0 Å². The van der Waals surface area contributed by atoms with Gasteiger partial charge in [0.2, 0.25) is 0 Å². The summed E-state index contributed by atoms with van der Waals surface area (Å²) in [6.45, 7) is 7.40. The van der Waals surface area contributed by atoms with E-state index in [0.717, 1.165) is 11.3 Å². The Bertz CT molecular complexity index is 316. The Kier molecular flexibility index (Phi) is 2.69. The number of aliphatic imine (C=N–C) groups is 1. The van der Waals surface area contributed by atoms with Crippen molar-refractivity contribution in [3.05, 3.63) is 23.9 Å². The van der Waals surface area contributed by atoms with Crippen LogP contribution in [-0.4, -0.2) is 16.4 Å². The standard InChI is InChI=1S/C9H11N3/c1-4-8-6-7(3)11-12-9(8)10-5-2/h4-6H,1H2,2-3H3/b10-5-. The number of aromatic nitrogens is 2. The van der Waals surface area contributed by atoms with Crippen LogP contribution in [0.5, 0.6) is 0 Å². The largest absolute Gasteiger partial charge is 0.240 e. The van der Waals surface area contributed by atoms with Crippen molar-refractivity contribution in [2.75, 3.05) is 0 Å². The smallest absolute Gasteiger partial charge is 0.181 e. The fraction of sp³-hybridized carbons (Fsp3) is 0.222. The lowest BCUT2D eigenvalue weighted by molar-refractivity contribution is 0.974. The molecule has 0 spiro atoms. The average molecular weight is 161 g/mol. The van der Waals surface area contributed by atoms with Crippen molar-refractivity contribution in [2.24, 2.45) is 4.99 Å². The van der Waals surface area contributed by atoms with Crippen LogP contribution in [0.2, 0.25) is 0 Å². The molecule has 0 unspecified atom stereocenters. The van der Waals surface area contributed by atoms with E-state index in [0.29, 0.717) is 5.82 Å². The van der Waals surface area contributed by atoms with Crippen molar-refractivity contribution in [2.45, 2.75) is 13.8 Å². The Balaban J connectivity index is 3.19. The highest BCUT2D eigenvalue weighted by molar-refractivity contribution is 5.65. The molecule has 0 radical (unpaired) electrons. The van der Waals surface area contributed by atoms with Crippen LogP contribution in [0, 0.1) is 6.92 Å². The van der Waals surface area contributed by atoms with E-state index in [2.05, 4.69) is 21.8 Å². The van der Waals surface area contributed by atoms with Gasteiger partial charge in [-0.15, -0.1) is 5.10 Å². The molecule has 0 aromatic carbocycles. The molecule has 1 heterocycles. The van der Waals surface area contributed by atoms with E-state index in [4.69, 9.17) is 0 Å². The Morgan fingerprint density at radius 1 is 1.50 bits per heavy atom. The van der Waals surface area contributed by atoms with Gasteiger partial charge in [0, 0.05) is 11.8 Å². The Morgan fingerprint density at radius 3 is 2.83 bits per heavy atom. The first-order valence-electron chi connectivity index (χ1n) is 3.73. The molecule has 0 saturated heterocycles. The zero-order valence-electron chi connectivity index (χ0n) is 7.28. The third-order valence-electron chi connectivity index (χ3n) is 1.40. The lowest BCUT2D eigenvalue weighted by Gasteiger charge is -1.97. The van der Waals surface area contributed by atoms with E-state index in [-0.39, 0.29) is 0 Å². The second kappa shape index (κ2) is 3.76. The molecular formula is C9H11N3. The van der Waals surface area contributed by atoms with Crippen molar-refractivity contribution in [1.29, 1.82) is 0 Å². The van der Waals surface area contributed by atoms with E-state index < -0.39 is 0 Å². The third-order valence-corrected chi connectivity index (χ3v) is 1.40. The number of rotatable bonds is 2. The lowest BCUT2D eigenvalue weighted by Crippen LogP contribution is -1.88. The van der Waals surface area contributed by atoms with Crippen LogP contribution in [0.4, 0.5) is 5.82 Å². The molecule has 62 valence electrons. The topological polar surface area (TPSA) is 38.1 Å². The minimum atomic E-state index is 0.623. The number of hydrogen-bond donors (Lipinski definition) is 0. The van der Waals surface area contributed by atoms with Gasteiger partial charge in [0.05, 0.1) is 5.69 Å². The molecule has 1 rings (SSSR count). The quantitative estimate of drug-likeness (QED) is 0.623. The fourth-order valence-electron chi connectivity index (χ4n) is 0.875. The molecule has 0 aliphatic carbocycles. The summed E-state index contributed by atoms with van der Waals surface area (Å²) in [5, 5.41) is 7.81. The average Bonchev–Trinajstić information content (AvgIpc) is 2.08. The molecule has 0 fully saturated rings. The van der Waals surface area contributed by atoms with Crippen LogP contribution in [0.25, 0.3) is 6.08 Å². The van der Waals surface area contributed by atoms with E-state index in [1.165, 1.54) is 0 Å². The van der Waals surface area contributed by atoms with Gasteiger partial charge in [-0.3, -0.25) is 0 Å². The van der Waals surface area contributed by atoms with Crippen molar-refractivity contribution in [3.8, 4) is 0 Å². The number of nitrogens with zero attached hydrogens (tertiary/aromatic N) is 3. The van der Waals surface area contributed by atoms with Gasteiger partial charge in [-0.1, -0.05) is 12.7 Å². The normalized spacial score (nSPS) is 10.5. The number of aryl methyl sites for hydroxylation is 1. The van der Waals surface area contributed by atoms with E-state index in [1.807, 2.05) is 19.9 Å². The minimum Gasteiger partial charge on any atom is -0.240 e. The monoisotopic (exact) mass is 161 g/mol. The SMILES string of the molecule is C=Cc1cc(C)nnc1/N=C\C. The van der Waals surface area contributed by atoms with Crippen LogP contribution in [0.15, 0.2) is 17.6 Å². The molecule has 0 N–H and O–H groups in total. The van der Waals surface area contributed by atoms with Gasteiger partial charge < -0.3 is 0 Å². The summed E-state index contributed by atoms with van der Waals surface area (Å²) in [5.74, 6) is 0.623. The van der Waals surface area contributed by atoms with E-state index in [1.54, 1.807) is 12.3 Å². The molecular weight excluding hydrogens is 150 g/mol. The minimum absolute atomic E-state index is 0.623. The van der Waals surface area contributed by atoms with Gasteiger partial charge in [0.15, 0.2) is 5.82 Å². The van der Waals surface area contributed by atoms with Gasteiger partial charge in [-0.05, 0) is 19.9 Å². The maximum absolute atomic E-state index is 4.05. The zero-order chi connectivity index (χ0) is 8.97. The Morgan fingerprint density at radius 2 is 2.25 bits per heavy atom. The maximum atomic E-state index is 4.05. The second-order valence-electron chi connectivity index (χ2n) is 2.36. The van der Waals surface area contributed by atoms with Crippen molar-refractivity contribution in [1.82, 2.24) is 10.2 Å². The summed E-state index contributed by atoms with van der Waals surface area (Å²) < 4.78 is 0. The van der Waals surface area contributed by atoms with Crippen LogP contribution in [0.1, 0.15) is 18.2 Å². The van der Waals surface area contributed by atoms with Crippen LogP contribution >= 0.6 is 0 Å². The molecule has 3 nitrogen and oxygen atoms in total. The molecule has 1 aromatic heterocycles. The summed E-state index contributed by atoms with van der Waals surface area (Å²) in [6.07, 6.45) is 3.41. The molecule has 0 atom stereocenters. The number of hydrogen-bond acceptors (Lipinski definition) is 3. The molecule has 1 aromatic rings. The van der Waals surface area contributed by atoms with Gasteiger partial charge in [0.25, 0.3) is 0 Å². The Hall–Kier alpha value is -1.51. The molecule has 0 bridgehead atoms. The van der Waals surface area contributed by atoms with E-state index in [9.17, 15) is 0 Å². The molecule has 12 heavy (non-hydrogen) atoms. The van der Waals surface area contributed by atoms with Gasteiger partial charge >= 0.3 is 0 Å². The van der Waals surface area contributed by atoms with Crippen molar-refractivity contribution >= 4 is 18.1 Å². The summed E-state index contributed by atoms with van der Waals surface area (Å²) in [5.41, 5.74) is 1.79. The Labute approximate surface area is 71.9 Å². The first-order chi connectivity index (χ1) is 5.77. The molecule has 0 saturated carbocycles. The maximum Gasteiger partial charge on any atom is 0.181 e. The third kappa shape index (κ3) is 1.75. The predicted molar refractivity (Wildman–Crippen MR) is 50.7 cm³/mol. The first kappa shape index (κ1) is 8.59. The highest BCUT2D eigenvalue weighted by Gasteiger charge is 1.98.